The summed E-state index contributed by atoms with van der Waals surface area (Å²) in [7, 11) is 1.47. The van der Waals surface area contributed by atoms with E-state index in [-0.39, 0.29) is 42.4 Å². The van der Waals surface area contributed by atoms with Crippen LogP contribution < -0.4 is 26.0 Å². The van der Waals surface area contributed by atoms with Crippen molar-refractivity contribution in [1.29, 1.82) is 0 Å². The summed E-state index contributed by atoms with van der Waals surface area (Å²) in [5.74, 6) is -4.15. The second kappa shape index (κ2) is 18.3. The molecule has 14 nitrogen and oxygen atoms in total. The van der Waals surface area contributed by atoms with Gasteiger partial charge in [-0.25, -0.2) is 4.98 Å². The number of rotatable bonds is 6. The average Bonchev–Trinajstić information content (AvgIpc) is 3.62. The summed E-state index contributed by atoms with van der Waals surface area (Å²) in [6.45, 7) is 2.67. The predicted octanol–water partition coefficient (Wildman–Crippen LogP) is 2.52. The average molecular weight is 756 g/mol. The van der Waals surface area contributed by atoms with Crippen molar-refractivity contribution in [3.63, 3.8) is 0 Å². The molecule has 4 atom stereocenters. The molecule has 1 aliphatic rings. The number of carbonyl (C=O) groups is 6. The highest BCUT2D eigenvalue weighted by Crippen LogP contribution is 2.23. The van der Waals surface area contributed by atoms with Gasteiger partial charge in [-0.2, -0.15) is 8.78 Å². The van der Waals surface area contributed by atoms with E-state index in [4.69, 9.17) is 0 Å². The fraction of sp³-hybridized carbons (Fsp3) is 0.417. The molecule has 3 aromatic rings. The van der Waals surface area contributed by atoms with Crippen molar-refractivity contribution in [1.82, 2.24) is 36.1 Å². The third-order valence-corrected chi connectivity index (χ3v) is 9.38. The molecule has 0 fully saturated rings. The predicted molar refractivity (Wildman–Crippen MR) is 191 cm³/mol. The minimum Gasteiger partial charge on any atom is -0.435 e. The van der Waals surface area contributed by atoms with Gasteiger partial charge in [0.15, 0.2) is 0 Å². The Morgan fingerprint density at radius 3 is 2.23 bits per heavy atom. The maximum atomic E-state index is 13.8. The van der Waals surface area contributed by atoms with Crippen molar-refractivity contribution < 1.29 is 42.3 Å². The number of carbonyl (C=O) groups excluding carboxylic acids is 6. The number of hydrogen-bond acceptors (Lipinski definition) is 9. The summed E-state index contributed by atoms with van der Waals surface area (Å²) in [4.78, 5) is 87.4. The monoisotopic (exact) mass is 755 g/mol. The van der Waals surface area contributed by atoms with Crippen LogP contribution in [-0.4, -0.2) is 102 Å². The zero-order valence-corrected chi connectivity index (χ0v) is 30.7. The van der Waals surface area contributed by atoms with Crippen LogP contribution in [0.15, 0.2) is 60.0 Å². The molecule has 53 heavy (non-hydrogen) atoms. The number of amides is 6. The SMILES string of the molecule is CC(C)[C@@H]1NC(=O)[C@H](C)NC(=O)c2csc(n2)[C@H](Cc2ccccc2)NC(=O)CN(C(=O)c2ccc(OC(F)F)cc2)CCN(C)C(=O)[C@@H](C)NC1=O. The number of benzene rings is 2. The summed E-state index contributed by atoms with van der Waals surface area (Å²) in [6.07, 6.45) is 0.284. The van der Waals surface area contributed by atoms with Crippen LogP contribution in [0, 0.1) is 5.92 Å². The van der Waals surface area contributed by atoms with E-state index in [2.05, 4.69) is 31.0 Å². The van der Waals surface area contributed by atoms with Crippen molar-refractivity contribution >= 4 is 46.8 Å². The lowest BCUT2D eigenvalue weighted by atomic mass is 10.0. The van der Waals surface area contributed by atoms with Crippen LogP contribution in [0.2, 0.25) is 0 Å². The molecule has 1 aliphatic heterocycles. The zero-order chi connectivity index (χ0) is 38.8. The lowest BCUT2D eigenvalue weighted by molar-refractivity contribution is -0.136. The minimum atomic E-state index is -3.06. The van der Waals surface area contributed by atoms with Gasteiger partial charge in [0.2, 0.25) is 23.6 Å². The van der Waals surface area contributed by atoms with E-state index >= 15 is 0 Å². The van der Waals surface area contributed by atoms with Crippen LogP contribution in [0.4, 0.5) is 8.78 Å². The highest BCUT2D eigenvalue weighted by atomic mass is 32.1. The van der Waals surface area contributed by atoms with Gasteiger partial charge in [0.25, 0.3) is 11.8 Å². The van der Waals surface area contributed by atoms with Gasteiger partial charge in [-0.3, -0.25) is 28.8 Å². The van der Waals surface area contributed by atoms with Gasteiger partial charge >= 0.3 is 6.61 Å². The van der Waals surface area contributed by atoms with Crippen LogP contribution in [0.25, 0.3) is 0 Å². The Labute approximate surface area is 309 Å². The van der Waals surface area contributed by atoms with E-state index in [0.29, 0.717) is 5.01 Å². The van der Waals surface area contributed by atoms with Crippen molar-refractivity contribution in [2.45, 2.75) is 64.9 Å². The van der Waals surface area contributed by atoms with E-state index in [0.717, 1.165) is 16.9 Å². The Morgan fingerprint density at radius 1 is 0.906 bits per heavy atom. The smallest absolute Gasteiger partial charge is 0.387 e. The number of fused-ring (bicyclic) bond motifs is 2. The van der Waals surface area contributed by atoms with E-state index in [9.17, 15) is 37.5 Å². The Kier molecular flexibility index (Phi) is 14.0. The number of nitrogens with zero attached hydrogens (tertiary/aromatic N) is 3. The molecule has 0 radical (unpaired) electrons. The highest BCUT2D eigenvalue weighted by molar-refractivity contribution is 7.09. The lowest BCUT2D eigenvalue weighted by Crippen LogP contribution is -2.57. The normalized spacial score (nSPS) is 21.3. The molecular formula is C36H43F2N7O7S. The van der Waals surface area contributed by atoms with Gasteiger partial charge < -0.3 is 35.8 Å². The maximum Gasteiger partial charge on any atom is 0.387 e. The minimum absolute atomic E-state index is 0.00690. The van der Waals surface area contributed by atoms with Gasteiger partial charge in [0.1, 0.15) is 34.6 Å². The molecular weight excluding hydrogens is 713 g/mol. The quantitative estimate of drug-likeness (QED) is 0.297. The largest absolute Gasteiger partial charge is 0.435 e. The number of hydrogen-bond donors (Lipinski definition) is 4. The fourth-order valence-corrected chi connectivity index (χ4v) is 6.30. The number of alkyl halides is 2. The number of aromatic nitrogens is 1. The molecule has 0 spiro atoms. The van der Waals surface area contributed by atoms with Gasteiger partial charge in [-0.05, 0) is 56.0 Å². The molecule has 284 valence electrons. The summed E-state index contributed by atoms with van der Waals surface area (Å²) in [5.41, 5.74) is 0.936. The van der Waals surface area contributed by atoms with Crippen LogP contribution in [0.1, 0.15) is 65.2 Å². The molecule has 4 N–H and O–H groups in total. The molecule has 0 saturated carbocycles. The highest BCUT2D eigenvalue weighted by Gasteiger charge is 2.31. The van der Waals surface area contributed by atoms with Crippen LogP contribution in [0.5, 0.6) is 5.75 Å². The molecule has 0 aliphatic carbocycles. The van der Waals surface area contributed by atoms with E-state index in [1.807, 2.05) is 30.3 Å². The molecule has 2 heterocycles. The Hall–Kier alpha value is -5.45. The van der Waals surface area contributed by atoms with Gasteiger partial charge in [-0.15, -0.1) is 11.3 Å². The molecule has 2 bridgehead atoms. The lowest BCUT2D eigenvalue weighted by Gasteiger charge is -2.29. The molecule has 6 amide bonds. The summed E-state index contributed by atoms with van der Waals surface area (Å²) in [6, 6.07) is 10.4. The number of likely N-dealkylation sites (N-methyl/N-ethyl adjacent to an activating group) is 1. The fourth-order valence-electron chi connectivity index (χ4n) is 5.45. The van der Waals surface area contributed by atoms with E-state index in [1.54, 1.807) is 13.8 Å². The first-order valence-electron chi connectivity index (χ1n) is 16.9. The van der Waals surface area contributed by atoms with Crippen molar-refractivity contribution in [2.75, 3.05) is 26.7 Å². The first-order chi connectivity index (χ1) is 25.1. The molecule has 2 aromatic carbocycles. The maximum absolute atomic E-state index is 13.8. The van der Waals surface area contributed by atoms with Gasteiger partial charge in [-0.1, -0.05) is 44.2 Å². The summed E-state index contributed by atoms with van der Waals surface area (Å²) < 4.78 is 29.9. The third-order valence-electron chi connectivity index (χ3n) is 8.42. The van der Waals surface area contributed by atoms with Crippen molar-refractivity contribution in [3.05, 3.63) is 81.8 Å². The Balaban J connectivity index is 1.69. The molecule has 4 rings (SSSR count). The summed E-state index contributed by atoms with van der Waals surface area (Å²) in [5, 5.41) is 12.7. The number of nitrogens with one attached hydrogen (secondary N) is 4. The first kappa shape index (κ1) is 40.3. The zero-order valence-electron chi connectivity index (χ0n) is 29.9. The van der Waals surface area contributed by atoms with E-state index < -0.39 is 72.8 Å². The standard InChI is InChI=1S/C36H43F2N7O7S/c1-20(2)29-32(49)40-22(4)34(50)44(5)15-16-45(35(51)24-11-13-25(14-12-24)52-36(37)38)18-28(46)41-26(17-23-9-7-6-8-10-23)33-42-27(19-53-33)31(48)39-21(3)30(47)43-29/h6-14,19-22,26,29,36H,15-18H2,1-5H3,(H,39,48)(H,40,49)(H,41,46)(H,43,47)/t21-,22+,26-,29-/m0/s1. The van der Waals surface area contributed by atoms with Crippen LogP contribution >= 0.6 is 11.3 Å². The Bertz CT molecular complexity index is 1770. The number of thiazole rings is 1. The second-order valence-electron chi connectivity index (χ2n) is 12.9. The van der Waals surface area contributed by atoms with E-state index in [1.165, 1.54) is 60.3 Å². The molecule has 17 heteroatoms. The van der Waals surface area contributed by atoms with Crippen LogP contribution in [0.3, 0.4) is 0 Å². The van der Waals surface area contributed by atoms with Crippen molar-refractivity contribution in [2.24, 2.45) is 5.92 Å². The third kappa shape index (κ3) is 11.3. The van der Waals surface area contributed by atoms with Crippen molar-refractivity contribution in [3.8, 4) is 5.75 Å². The number of halogens is 2. The van der Waals surface area contributed by atoms with Gasteiger partial charge in [0, 0.05) is 31.1 Å². The van der Waals surface area contributed by atoms with Gasteiger partial charge in [0.05, 0.1) is 12.6 Å². The van der Waals surface area contributed by atoms with Crippen LogP contribution in [-0.2, 0) is 25.6 Å². The second-order valence-corrected chi connectivity index (χ2v) is 13.8. The molecule has 1 aromatic heterocycles. The molecule has 0 saturated heterocycles. The molecule has 0 unspecified atom stereocenters. The summed E-state index contributed by atoms with van der Waals surface area (Å²) >= 11 is 1.12. The topological polar surface area (TPSA) is 179 Å². The Morgan fingerprint density at radius 2 is 1.58 bits per heavy atom. The first-order valence-corrected chi connectivity index (χ1v) is 17.8. The number of ether oxygens (including phenoxy) is 1.